The fraction of sp³-hybridized carbons (Fsp3) is 0.421. The van der Waals surface area contributed by atoms with Gasteiger partial charge in [0.2, 0.25) is 0 Å². The lowest BCUT2D eigenvalue weighted by molar-refractivity contribution is 0.0914. The van der Waals surface area contributed by atoms with Gasteiger partial charge in [0.25, 0.3) is 5.91 Å². The van der Waals surface area contributed by atoms with Gasteiger partial charge in [-0.25, -0.2) is 0 Å². The van der Waals surface area contributed by atoms with Crippen molar-refractivity contribution in [2.75, 3.05) is 0 Å². The molecule has 1 amide bonds. The van der Waals surface area contributed by atoms with E-state index in [1.54, 1.807) is 11.3 Å². The molecule has 2 atom stereocenters. The van der Waals surface area contributed by atoms with E-state index in [1.165, 1.54) is 24.1 Å². The molecule has 120 valence electrons. The molecule has 0 saturated heterocycles. The molecule has 1 aromatic carbocycles. The van der Waals surface area contributed by atoms with Gasteiger partial charge >= 0.3 is 0 Å². The summed E-state index contributed by atoms with van der Waals surface area (Å²) in [7, 11) is 0. The smallest absolute Gasteiger partial charge is 0.261 e. The third-order valence-corrected chi connectivity index (χ3v) is 6.19. The number of amides is 1. The first-order valence-electron chi connectivity index (χ1n) is 8.38. The van der Waals surface area contributed by atoms with Crippen LogP contribution in [0.3, 0.4) is 0 Å². The predicted octanol–water partition coefficient (Wildman–Crippen LogP) is 4.62. The Bertz CT molecular complexity index is 737. The number of fused-ring (bicyclic) bond motifs is 3. The van der Waals surface area contributed by atoms with Crippen molar-refractivity contribution in [3.63, 3.8) is 0 Å². The lowest BCUT2D eigenvalue weighted by atomic mass is 9.86. The van der Waals surface area contributed by atoms with Crippen molar-refractivity contribution in [1.29, 1.82) is 0 Å². The van der Waals surface area contributed by atoms with Gasteiger partial charge in [-0.2, -0.15) is 0 Å². The standard InChI is InChI=1S/C19H21NO2S/c1-12-6-2-4-8-15(12)20-19(21)17-10-13-11-22-16-9-5-3-7-14(16)18(13)23-17/h3,5,7,9-10,12,15H,2,4,6,8,11H2,1H3,(H,20,21)/t12-,15-/m1/s1. The van der Waals surface area contributed by atoms with E-state index in [4.69, 9.17) is 4.74 Å². The largest absolute Gasteiger partial charge is 0.488 e. The quantitative estimate of drug-likeness (QED) is 0.874. The summed E-state index contributed by atoms with van der Waals surface area (Å²) in [6.45, 7) is 2.80. The summed E-state index contributed by atoms with van der Waals surface area (Å²) in [5.41, 5.74) is 2.22. The number of thiophene rings is 1. The van der Waals surface area contributed by atoms with E-state index in [9.17, 15) is 4.79 Å². The van der Waals surface area contributed by atoms with Crippen molar-refractivity contribution in [2.45, 2.75) is 45.3 Å². The molecule has 1 fully saturated rings. The minimum atomic E-state index is 0.0700. The SMILES string of the molecule is C[C@@H]1CCCC[C@H]1NC(=O)c1cc2c(s1)-c1ccccc1OC2. The molecule has 23 heavy (non-hydrogen) atoms. The molecule has 4 rings (SSSR count). The van der Waals surface area contributed by atoms with Gasteiger partial charge in [-0.1, -0.05) is 31.9 Å². The fourth-order valence-electron chi connectivity index (χ4n) is 3.58. The second-order valence-corrected chi connectivity index (χ2v) is 7.64. The summed E-state index contributed by atoms with van der Waals surface area (Å²) in [6, 6.07) is 10.4. The number of carbonyl (C=O) groups excluding carboxylic acids is 1. The van der Waals surface area contributed by atoms with Gasteiger partial charge in [0.1, 0.15) is 12.4 Å². The molecule has 4 heteroatoms. The first-order valence-corrected chi connectivity index (χ1v) is 9.20. The molecule has 1 aromatic heterocycles. The van der Waals surface area contributed by atoms with E-state index in [2.05, 4.69) is 18.3 Å². The highest BCUT2D eigenvalue weighted by Gasteiger charge is 2.26. The van der Waals surface area contributed by atoms with Crippen molar-refractivity contribution in [1.82, 2.24) is 5.32 Å². The molecule has 3 nitrogen and oxygen atoms in total. The van der Waals surface area contributed by atoms with Crippen molar-refractivity contribution < 1.29 is 9.53 Å². The van der Waals surface area contributed by atoms with Gasteiger partial charge in [0, 0.05) is 22.0 Å². The average Bonchev–Trinajstić information content (AvgIpc) is 3.02. The Balaban J connectivity index is 1.57. The Hall–Kier alpha value is -1.81. The maximum Gasteiger partial charge on any atom is 0.261 e. The third-order valence-electron chi connectivity index (χ3n) is 4.98. The van der Waals surface area contributed by atoms with Gasteiger partial charge in [0.15, 0.2) is 0 Å². The number of rotatable bonds is 2. The Labute approximate surface area is 140 Å². The van der Waals surface area contributed by atoms with Crippen molar-refractivity contribution in [3.8, 4) is 16.2 Å². The van der Waals surface area contributed by atoms with Crippen LogP contribution in [0.1, 0.15) is 47.8 Å². The summed E-state index contributed by atoms with van der Waals surface area (Å²) in [5.74, 6) is 1.56. The Morgan fingerprint density at radius 2 is 2.09 bits per heavy atom. The lowest BCUT2D eigenvalue weighted by Gasteiger charge is -2.29. The number of para-hydroxylation sites is 1. The second-order valence-electron chi connectivity index (χ2n) is 6.59. The minimum absolute atomic E-state index is 0.0700. The second kappa shape index (κ2) is 6.00. The van der Waals surface area contributed by atoms with Crippen LogP contribution in [0, 0.1) is 5.92 Å². The van der Waals surface area contributed by atoms with Gasteiger partial charge in [-0.15, -0.1) is 11.3 Å². The lowest BCUT2D eigenvalue weighted by Crippen LogP contribution is -2.40. The highest BCUT2D eigenvalue weighted by Crippen LogP contribution is 2.42. The van der Waals surface area contributed by atoms with E-state index < -0.39 is 0 Å². The maximum atomic E-state index is 12.6. The molecule has 1 aliphatic carbocycles. The molecule has 0 unspecified atom stereocenters. The zero-order valence-electron chi connectivity index (χ0n) is 13.3. The monoisotopic (exact) mass is 327 g/mol. The molecule has 2 aliphatic rings. The highest BCUT2D eigenvalue weighted by molar-refractivity contribution is 7.17. The normalized spacial score (nSPS) is 22.7. The molecular weight excluding hydrogens is 306 g/mol. The summed E-state index contributed by atoms with van der Waals surface area (Å²) >= 11 is 1.58. The number of ether oxygens (including phenoxy) is 1. The van der Waals surface area contributed by atoms with Gasteiger partial charge in [-0.05, 0) is 37.0 Å². The summed E-state index contributed by atoms with van der Waals surface area (Å²) in [5, 5.41) is 3.25. The van der Waals surface area contributed by atoms with Gasteiger partial charge < -0.3 is 10.1 Å². The molecule has 0 spiro atoms. The average molecular weight is 327 g/mol. The van der Waals surface area contributed by atoms with Gasteiger partial charge in [-0.3, -0.25) is 4.79 Å². The number of hydrogen-bond acceptors (Lipinski definition) is 3. The van der Waals surface area contributed by atoms with E-state index >= 15 is 0 Å². The highest BCUT2D eigenvalue weighted by atomic mass is 32.1. The van der Waals surface area contributed by atoms with Crippen LogP contribution in [-0.4, -0.2) is 11.9 Å². The van der Waals surface area contributed by atoms with Crippen LogP contribution in [0.15, 0.2) is 30.3 Å². The van der Waals surface area contributed by atoms with Crippen LogP contribution in [0.25, 0.3) is 10.4 Å². The molecular formula is C19H21NO2S. The summed E-state index contributed by atoms with van der Waals surface area (Å²) < 4.78 is 5.78. The maximum absolute atomic E-state index is 12.6. The van der Waals surface area contributed by atoms with E-state index in [0.29, 0.717) is 18.6 Å². The van der Waals surface area contributed by atoms with Gasteiger partial charge in [0.05, 0.1) is 4.88 Å². The van der Waals surface area contributed by atoms with Crippen LogP contribution in [0.2, 0.25) is 0 Å². The van der Waals surface area contributed by atoms with Crippen LogP contribution in [-0.2, 0) is 6.61 Å². The third kappa shape index (κ3) is 2.76. The van der Waals surface area contributed by atoms with Crippen LogP contribution in [0.4, 0.5) is 0 Å². The van der Waals surface area contributed by atoms with Crippen molar-refractivity contribution >= 4 is 17.2 Å². The molecule has 2 heterocycles. The zero-order valence-corrected chi connectivity index (χ0v) is 14.1. The molecule has 0 radical (unpaired) electrons. The van der Waals surface area contributed by atoms with E-state index in [1.807, 2.05) is 24.3 Å². The first kappa shape index (κ1) is 14.8. The van der Waals surface area contributed by atoms with Crippen molar-refractivity contribution in [2.24, 2.45) is 5.92 Å². The number of nitrogens with one attached hydrogen (secondary N) is 1. The number of hydrogen-bond donors (Lipinski definition) is 1. The number of carbonyl (C=O) groups is 1. The Kier molecular flexibility index (Phi) is 3.85. The predicted molar refractivity (Wildman–Crippen MR) is 93.0 cm³/mol. The Morgan fingerprint density at radius 1 is 1.26 bits per heavy atom. The number of benzene rings is 1. The molecule has 1 aliphatic heterocycles. The molecule has 0 bridgehead atoms. The van der Waals surface area contributed by atoms with Crippen LogP contribution < -0.4 is 10.1 Å². The topological polar surface area (TPSA) is 38.3 Å². The molecule has 1 N–H and O–H groups in total. The minimum Gasteiger partial charge on any atom is -0.488 e. The molecule has 1 saturated carbocycles. The van der Waals surface area contributed by atoms with Crippen LogP contribution >= 0.6 is 11.3 Å². The summed E-state index contributed by atoms with van der Waals surface area (Å²) in [6.07, 6.45) is 4.82. The van der Waals surface area contributed by atoms with E-state index in [0.717, 1.165) is 28.2 Å². The first-order chi connectivity index (χ1) is 11.2. The summed E-state index contributed by atoms with van der Waals surface area (Å²) in [4.78, 5) is 14.6. The van der Waals surface area contributed by atoms with Crippen LogP contribution in [0.5, 0.6) is 5.75 Å². The molecule has 2 aromatic rings. The fourth-order valence-corrected chi connectivity index (χ4v) is 4.68. The van der Waals surface area contributed by atoms with E-state index in [-0.39, 0.29) is 5.91 Å². The van der Waals surface area contributed by atoms with Crippen molar-refractivity contribution in [3.05, 3.63) is 40.8 Å². The Morgan fingerprint density at radius 3 is 2.96 bits per heavy atom. The zero-order chi connectivity index (χ0) is 15.8.